The summed E-state index contributed by atoms with van der Waals surface area (Å²) < 4.78 is 12.5. The van der Waals surface area contributed by atoms with E-state index in [1.54, 1.807) is 0 Å². The lowest BCUT2D eigenvalue weighted by Gasteiger charge is -2.07. The molecule has 5 nitrogen and oxygen atoms in total. The molecule has 0 radical (unpaired) electrons. The van der Waals surface area contributed by atoms with Gasteiger partial charge in [-0.25, -0.2) is 4.68 Å². The van der Waals surface area contributed by atoms with E-state index in [-0.39, 0.29) is 6.79 Å². The smallest absolute Gasteiger partial charge is 0.189 e. The molecule has 3 rings (SSSR count). The van der Waals surface area contributed by atoms with Crippen LogP contribution < -0.4 is 10.1 Å². The molecule has 2 aromatic carbocycles. The summed E-state index contributed by atoms with van der Waals surface area (Å²) in [4.78, 5) is 0. The van der Waals surface area contributed by atoms with Crippen LogP contribution in [-0.4, -0.2) is 23.2 Å². The van der Waals surface area contributed by atoms with Crippen LogP contribution in [0.2, 0.25) is 0 Å². The highest BCUT2D eigenvalue weighted by atomic mass is 16.7. The Labute approximate surface area is 141 Å². The number of para-hydroxylation sites is 1. The standard InChI is InChI=1S/C19H21N3O2/c1-2-23-15-24-19-10-8-16(9-11-19)12-20-17-13-21-22(14-17)18-6-4-3-5-7-18/h3-11,13-14,20H,2,12,15H2,1H3. The van der Waals surface area contributed by atoms with E-state index in [0.717, 1.165) is 23.7 Å². The number of aromatic nitrogens is 2. The van der Waals surface area contributed by atoms with Crippen molar-refractivity contribution in [2.24, 2.45) is 0 Å². The number of nitrogens with zero attached hydrogens (tertiary/aromatic N) is 2. The lowest BCUT2D eigenvalue weighted by atomic mass is 10.2. The van der Waals surface area contributed by atoms with Crippen molar-refractivity contribution in [2.75, 3.05) is 18.7 Å². The third-order valence-corrected chi connectivity index (χ3v) is 3.54. The van der Waals surface area contributed by atoms with Crippen LogP contribution in [0, 0.1) is 0 Å². The number of rotatable bonds is 8. The maximum Gasteiger partial charge on any atom is 0.189 e. The Morgan fingerprint density at radius 3 is 2.58 bits per heavy atom. The summed E-state index contributed by atoms with van der Waals surface area (Å²) in [5.41, 5.74) is 3.20. The molecule has 124 valence electrons. The highest BCUT2D eigenvalue weighted by Crippen LogP contribution is 2.15. The number of hydrogen-bond acceptors (Lipinski definition) is 4. The minimum atomic E-state index is 0.284. The first kappa shape index (κ1) is 16.1. The lowest BCUT2D eigenvalue weighted by Crippen LogP contribution is -2.02. The number of ether oxygens (including phenoxy) is 2. The monoisotopic (exact) mass is 323 g/mol. The topological polar surface area (TPSA) is 48.3 Å². The molecule has 0 bridgehead atoms. The minimum Gasteiger partial charge on any atom is -0.468 e. The maximum absolute atomic E-state index is 5.46. The molecule has 5 heteroatoms. The van der Waals surface area contributed by atoms with Crippen molar-refractivity contribution in [3.8, 4) is 11.4 Å². The van der Waals surface area contributed by atoms with E-state index < -0.39 is 0 Å². The van der Waals surface area contributed by atoms with E-state index in [1.807, 2.05) is 78.6 Å². The second kappa shape index (κ2) is 8.17. The third kappa shape index (κ3) is 4.36. The molecule has 0 unspecified atom stereocenters. The Morgan fingerprint density at radius 1 is 1.04 bits per heavy atom. The normalized spacial score (nSPS) is 10.5. The highest BCUT2D eigenvalue weighted by molar-refractivity contribution is 5.43. The zero-order valence-electron chi connectivity index (χ0n) is 13.7. The van der Waals surface area contributed by atoms with Crippen molar-refractivity contribution in [1.82, 2.24) is 9.78 Å². The van der Waals surface area contributed by atoms with Gasteiger partial charge >= 0.3 is 0 Å². The second-order valence-electron chi connectivity index (χ2n) is 5.26. The van der Waals surface area contributed by atoms with Gasteiger partial charge in [0.05, 0.1) is 23.8 Å². The summed E-state index contributed by atoms with van der Waals surface area (Å²) in [5.74, 6) is 0.809. The molecule has 0 atom stereocenters. The van der Waals surface area contributed by atoms with Crippen molar-refractivity contribution in [1.29, 1.82) is 0 Å². The first-order valence-electron chi connectivity index (χ1n) is 7.98. The minimum absolute atomic E-state index is 0.284. The number of anilines is 1. The number of benzene rings is 2. The van der Waals surface area contributed by atoms with E-state index in [0.29, 0.717) is 6.61 Å². The summed E-state index contributed by atoms with van der Waals surface area (Å²) >= 11 is 0. The van der Waals surface area contributed by atoms with Gasteiger partial charge in [-0.3, -0.25) is 0 Å². The van der Waals surface area contributed by atoms with Crippen LogP contribution in [0.25, 0.3) is 5.69 Å². The molecule has 0 amide bonds. The number of nitrogens with one attached hydrogen (secondary N) is 1. The van der Waals surface area contributed by atoms with E-state index in [4.69, 9.17) is 9.47 Å². The Morgan fingerprint density at radius 2 is 1.83 bits per heavy atom. The molecule has 0 aliphatic heterocycles. The first-order valence-corrected chi connectivity index (χ1v) is 7.98. The molecular formula is C19H21N3O2. The van der Waals surface area contributed by atoms with Crippen LogP contribution >= 0.6 is 0 Å². The molecule has 0 spiro atoms. The van der Waals surface area contributed by atoms with E-state index in [1.165, 1.54) is 5.56 Å². The van der Waals surface area contributed by atoms with E-state index in [2.05, 4.69) is 10.4 Å². The molecule has 1 N–H and O–H groups in total. The van der Waals surface area contributed by atoms with Gasteiger partial charge in [-0.1, -0.05) is 30.3 Å². The molecule has 0 saturated heterocycles. The predicted octanol–water partition coefficient (Wildman–Crippen LogP) is 3.86. The maximum atomic E-state index is 5.46. The van der Waals surface area contributed by atoms with Gasteiger partial charge in [-0.05, 0) is 36.8 Å². The van der Waals surface area contributed by atoms with Crippen LogP contribution in [-0.2, 0) is 11.3 Å². The van der Waals surface area contributed by atoms with Gasteiger partial charge in [-0.2, -0.15) is 5.10 Å². The van der Waals surface area contributed by atoms with Gasteiger partial charge < -0.3 is 14.8 Å². The molecule has 1 heterocycles. The summed E-state index contributed by atoms with van der Waals surface area (Å²) in [6.45, 7) is 3.61. The Hall–Kier alpha value is -2.79. The summed E-state index contributed by atoms with van der Waals surface area (Å²) in [7, 11) is 0. The molecule has 0 aliphatic carbocycles. The van der Waals surface area contributed by atoms with Crippen LogP contribution in [0.3, 0.4) is 0 Å². The third-order valence-electron chi connectivity index (χ3n) is 3.54. The Balaban J connectivity index is 1.53. The van der Waals surface area contributed by atoms with Gasteiger partial charge in [0.25, 0.3) is 0 Å². The van der Waals surface area contributed by atoms with Crippen molar-refractivity contribution in [2.45, 2.75) is 13.5 Å². The van der Waals surface area contributed by atoms with E-state index in [9.17, 15) is 0 Å². The van der Waals surface area contributed by atoms with Crippen LogP contribution in [0.15, 0.2) is 67.0 Å². The van der Waals surface area contributed by atoms with Crippen LogP contribution in [0.5, 0.6) is 5.75 Å². The molecular weight excluding hydrogens is 302 g/mol. The van der Waals surface area contributed by atoms with Crippen molar-refractivity contribution < 1.29 is 9.47 Å². The fourth-order valence-corrected chi connectivity index (χ4v) is 2.24. The van der Waals surface area contributed by atoms with Crippen LogP contribution in [0.4, 0.5) is 5.69 Å². The fourth-order valence-electron chi connectivity index (χ4n) is 2.24. The summed E-state index contributed by atoms with van der Waals surface area (Å²) in [6.07, 6.45) is 3.81. The van der Waals surface area contributed by atoms with Crippen LogP contribution in [0.1, 0.15) is 12.5 Å². The highest BCUT2D eigenvalue weighted by Gasteiger charge is 2.01. The summed E-state index contributed by atoms with van der Waals surface area (Å²) in [6, 6.07) is 18.0. The second-order valence-corrected chi connectivity index (χ2v) is 5.26. The SMILES string of the molecule is CCOCOc1ccc(CNc2cnn(-c3ccccc3)c2)cc1. The summed E-state index contributed by atoms with van der Waals surface area (Å²) in [5, 5.41) is 7.75. The molecule has 0 fully saturated rings. The fraction of sp³-hybridized carbons (Fsp3) is 0.211. The quantitative estimate of drug-likeness (QED) is 0.505. The van der Waals surface area contributed by atoms with E-state index >= 15 is 0 Å². The van der Waals surface area contributed by atoms with Crippen molar-refractivity contribution >= 4 is 5.69 Å². The molecule has 0 saturated carbocycles. The molecule has 0 aliphatic rings. The molecule has 24 heavy (non-hydrogen) atoms. The van der Waals surface area contributed by atoms with Crippen molar-refractivity contribution in [3.05, 3.63) is 72.6 Å². The average Bonchev–Trinajstić information content (AvgIpc) is 3.11. The Kier molecular flexibility index (Phi) is 5.48. The van der Waals surface area contributed by atoms with Gasteiger partial charge in [0.1, 0.15) is 5.75 Å². The van der Waals surface area contributed by atoms with Gasteiger partial charge in [-0.15, -0.1) is 0 Å². The average molecular weight is 323 g/mol. The lowest BCUT2D eigenvalue weighted by molar-refractivity contribution is 0.0224. The predicted molar refractivity (Wildman–Crippen MR) is 94.5 cm³/mol. The molecule has 3 aromatic rings. The zero-order valence-corrected chi connectivity index (χ0v) is 13.7. The number of hydrogen-bond donors (Lipinski definition) is 1. The van der Waals surface area contributed by atoms with Crippen molar-refractivity contribution in [3.63, 3.8) is 0 Å². The Bertz CT molecular complexity index is 739. The van der Waals surface area contributed by atoms with Gasteiger partial charge in [0, 0.05) is 13.2 Å². The first-order chi connectivity index (χ1) is 11.8. The van der Waals surface area contributed by atoms with Gasteiger partial charge in [0.2, 0.25) is 0 Å². The largest absolute Gasteiger partial charge is 0.468 e. The molecule has 1 aromatic heterocycles. The zero-order chi connectivity index (χ0) is 16.6. The van der Waals surface area contributed by atoms with Gasteiger partial charge in [0.15, 0.2) is 6.79 Å².